The maximum atomic E-state index is 13.3. The molecule has 1 aliphatic rings. The summed E-state index contributed by atoms with van der Waals surface area (Å²) in [5.74, 6) is -1.15. The van der Waals surface area contributed by atoms with Gasteiger partial charge in [-0.05, 0) is 29.8 Å². The average Bonchev–Trinajstić information content (AvgIpc) is 2.96. The Labute approximate surface area is 131 Å². The predicted octanol–water partition coefficient (Wildman–Crippen LogP) is 3.16. The van der Waals surface area contributed by atoms with Crippen LogP contribution in [0.15, 0.2) is 36.4 Å². The molecule has 1 unspecified atom stereocenters. The fourth-order valence-electron chi connectivity index (χ4n) is 2.55. The molecule has 1 N–H and O–H groups in total. The number of thiophene rings is 1. The number of hydrogen-bond acceptors (Lipinski definition) is 4. The molecule has 0 aliphatic carbocycles. The summed E-state index contributed by atoms with van der Waals surface area (Å²) in [5.41, 5.74) is 0.835. The molecule has 2 aromatic rings. The maximum absolute atomic E-state index is 13.3. The zero-order chi connectivity index (χ0) is 15.5. The van der Waals surface area contributed by atoms with Crippen LogP contribution in [0.4, 0.5) is 4.39 Å². The maximum Gasteiger partial charge on any atom is 0.345 e. The van der Waals surface area contributed by atoms with Crippen molar-refractivity contribution in [2.75, 3.05) is 19.7 Å². The number of carbonyl (C=O) groups is 1. The lowest BCUT2D eigenvalue weighted by molar-refractivity contribution is -0.0327. The summed E-state index contributed by atoms with van der Waals surface area (Å²) < 4.78 is 19.1. The third kappa shape index (κ3) is 3.52. The lowest BCUT2D eigenvalue weighted by atomic mass is 10.1. The third-order valence-corrected chi connectivity index (χ3v) is 4.68. The first-order valence-corrected chi connectivity index (χ1v) is 7.85. The molecule has 3 rings (SSSR count). The molecule has 1 fully saturated rings. The lowest BCUT2D eigenvalue weighted by Gasteiger charge is -2.32. The lowest BCUT2D eigenvalue weighted by Crippen LogP contribution is -2.37. The van der Waals surface area contributed by atoms with E-state index < -0.39 is 5.97 Å². The summed E-state index contributed by atoms with van der Waals surface area (Å²) in [4.78, 5) is 14.5. The smallest absolute Gasteiger partial charge is 0.345 e. The highest BCUT2D eigenvalue weighted by Gasteiger charge is 2.23. The van der Waals surface area contributed by atoms with Gasteiger partial charge in [-0.1, -0.05) is 12.1 Å². The van der Waals surface area contributed by atoms with E-state index in [1.54, 1.807) is 12.1 Å². The number of aromatic carboxylic acids is 1. The minimum absolute atomic E-state index is 0.150. The monoisotopic (exact) mass is 321 g/mol. The van der Waals surface area contributed by atoms with Gasteiger partial charge >= 0.3 is 5.97 Å². The molecule has 6 heteroatoms. The van der Waals surface area contributed by atoms with Gasteiger partial charge in [0.1, 0.15) is 10.7 Å². The molecule has 1 aliphatic heterocycles. The first-order chi connectivity index (χ1) is 10.6. The highest BCUT2D eigenvalue weighted by Crippen LogP contribution is 2.25. The van der Waals surface area contributed by atoms with Crippen LogP contribution in [0.25, 0.3) is 0 Å². The Balaban J connectivity index is 1.66. The number of halogens is 1. The van der Waals surface area contributed by atoms with Crippen LogP contribution < -0.4 is 0 Å². The summed E-state index contributed by atoms with van der Waals surface area (Å²) in [6.45, 7) is 2.72. The first-order valence-electron chi connectivity index (χ1n) is 7.03. The number of carboxylic acids is 1. The van der Waals surface area contributed by atoms with Crippen LogP contribution in [0.1, 0.15) is 26.2 Å². The van der Waals surface area contributed by atoms with Crippen molar-refractivity contribution in [1.82, 2.24) is 4.90 Å². The number of ether oxygens (including phenoxy) is 1. The quantitative estimate of drug-likeness (QED) is 0.940. The Hall–Kier alpha value is -1.76. The second-order valence-electron chi connectivity index (χ2n) is 5.22. The van der Waals surface area contributed by atoms with E-state index in [1.807, 2.05) is 12.1 Å². The van der Waals surface area contributed by atoms with Gasteiger partial charge in [0, 0.05) is 24.5 Å². The zero-order valence-electron chi connectivity index (χ0n) is 11.9. The van der Waals surface area contributed by atoms with E-state index in [0.29, 0.717) is 24.6 Å². The molecular weight excluding hydrogens is 305 g/mol. The van der Waals surface area contributed by atoms with Gasteiger partial charge in [-0.25, -0.2) is 9.18 Å². The summed E-state index contributed by atoms with van der Waals surface area (Å²) >= 11 is 1.29. The SMILES string of the molecule is O=C(O)c1ccc(CN2CCOC(c3cccc(F)c3)C2)s1. The van der Waals surface area contributed by atoms with E-state index in [4.69, 9.17) is 9.84 Å². The number of rotatable bonds is 4. The molecule has 0 saturated carbocycles. The fourth-order valence-corrected chi connectivity index (χ4v) is 3.44. The van der Waals surface area contributed by atoms with Crippen molar-refractivity contribution >= 4 is 17.3 Å². The Morgan fingerprint density at radius 2 is 2.27 bits per heavy atom. The van der Waals surface area contributed by atoms with Gasteiger partial charge in [-0.15, -0.1) is 11.3 Å². The van der Waals surface area contributed by atoms with Crippen LogP contribution in [0.5, 0.6) is 0 Å². The van der Waals surface area contributed by atoms with Crippen LogP contribution in [-0.2, 0) is 11.3 Å². The molecule has 116 valence electrons. The number of benzene rings is 1. The Kier molecular flexibility index (Phi) is 4.52. The highest BCUT2D eigenvalue weighted by atomic mass is 32.1. The van der Waals surface area contributed by atoms with Crippen molar-refractivity contribution in [3.63, 3.8) is 0 Å². The third-order valence-electron chi connectivity index (χ3n) is 3.62. The van der Waals surface area contributed by atoms with Gasteiger partial charge < -0.3 is 9.84 Å². The van der Waals surface area contributed by atoms with Crippen molar-refractivity contribution in [2.24, 2.45) is 0 Å². The number of hydrogen-bond donors (Lipinski definition) is 1. The van der Waals surface area contributed by atoms with E-state index in [1.165, 1.54) is 23.5 Å². The molecule has 1 saturated heterocycles. The average molecular weight is 321 g/mol. The van der Waals surface area contributed by atoms with Crippen molar-refractivity contribution < 1.29 is 19.0 Å². The van der Waals surface area contributed by atoms with Crippen LogP contribution >= 0.6 is 11.3 Å². The van der Waals surface area contributed by atoms with Crippen molar-refractivity contribution in [1.29, 1.82) is 0 Å². The van der Waals surface area contributed by atoms with Crippen molar-refractivity contribution in [2.45, 2.75) is 12.6 Å². The van der Waals surface area contributed by atoms with Gasteiger partial charge in [0.25, 0.3) is 0 Å². The van der Waals surface area contributed by atoms with Crippen molar-refractivity contribution in [3.05, 3.63) is 57.5 Å². The zero-order valence-corrected chi connectivity index (χ0v) is 12.7. The normalized spacial score (nSPS) is 19.2. The molecule has 0 radical (unpaired) electrons. The minimum Gasteiger partial charge on any atom is -0.477 e. The minimum atomic E-state index is -0.893. The van der Waals surface area contributed by atoms with E-state index in [0.717, 1.165) is 17.0 Å². The highest BCUT2D eigenvalue weighted by molar-refractivity contribution is 7.13. The van der Waals surface area contributed by atoms with Crippen LogP contribution in [0.3, 0.4) is 0 Å². The standard InChI is InChI=1S/C16H16FNO3S/c17-12-3-1-2-11(8-12)14-10-18(6-7-21-14)9-13-4-5-15(22-13)16(19)20/h1-5,8,14H,6-7,9-10H2,(H,19,20). The number of nitrogens with zero attached hydrogens (tertiary/aromatic N) is 1. The Morgan fingerprint density at radius 1 is 1.41 bits per heavy atom. The van der Waals surface area contributed by atoms with E-state index in [9.17, 15) is 9.18 Å². The summed E-state index contributed by atoms with van der Waals surface area (Å²) in [7, 11) is 0. The van der Waals surface area contributed by atoms with Gasteiger partial charge in [0.05, 0.1) is 12.7 Å². The Bertz CT molecular complexity index is 673. The topological polar surface area (TPSA) is 49.8 Å². The van der Waals surface area contributed by atoms with E-state index in [-0.39, 0.29) is 11.9 Å². The molecule has 0 amide bonds. The predicted molar refractivity (Wildman–Crippen MR) is 81.6 cm³/mol. The second kappa shape index (κ2) is 6.56. The van der Waals surface area contributed by atoms with Crippen LogP contribution in [0.2, 0.25) is 0 Å². The number of morpholine rings is 1. The van der Waals surface area contributed by atoms with Gasteiger partial charge in [-0.3, -0.25) is 4.90 Å². The van der Waals surface area contributed by atoms with Gasteiger partial charge in [0.15, 0.2) is 0 Å². The van der Waals surface area contributed by atoms with E-state index in [2.05, 4.69) is 4.90 Å². The number of carboxylic acid groups (broad SMARTS) is 1. The van der Waals surface area contributed by atoms with Crippen LogP contribution in [0, 0.1) is 5.82 Å². The largest absolute Gasteiger partial charge is 0.477 e. The molecule has 0 bridgehead atoms. The summed E-state index contributed by atoms with van der Waals surface area (Å²) in [6.07, 6.45) is -0.150. The molecule has 2 heterocycles. The Morgan fingerprint density at radius 3 is 3.00 bits per heavy atom. The van der Waals surface area contributed by atoms with Crippen molar-refractivity contribution in [3.8, 4) is 0 Å². The van der Waals surface area contributed by atoms with Gasteiger partial charge in [-0.2, -0.15) is 0 Å². The molecule has 4 nitrogen and oxygen atoms in total. The molecule has 1 aromatic heterocycles. The molecule has 1 atom stereocenters. The molecule has 1 aromatic carbocycles. The molecule has 0 spiro atoms. The molecular formula is C16H16FNO3S. The fraction of sp³-hybridized carbons (Fsp3) is 0.312. The van der Waals surface area contributed by atoms with E-state index >= 15 is 0 Å². The van der Waals surface area contributed by atoms with Crippen LogP contribution in [-0.4, -0.2) is 35.7 Å². The second-order valence-corrected chi connectivity index (χ2v) is 6.39. The van der Waals surface area contributed by atoms with Gasteiger partial charge in [0.2, 0.25) is 0 Å². The summed E-state index contributed by atoms with van der Waals surface area (Å²) in [6, 6.07) is 9.95. The summed E-state index contributed by atoms with van der Waals surface area (Å²) in [5, 5.41) is 8.96. The molecule has 22 heavy (non-hydrogen) atoms. The first kappa shape index (κ1) is 15.1.